The molecule has 7 nitrogen and oxygen atoms in total. The maximum Gasteiger partial charge on any atom is 0.238 e. The Morgan fingerprint density at radius 2 is 1.19 bits per heavy atom. The molecule has 0 spiro atoms. The van der Waals surface area contributed by atoms with Crippen molar-refractivity contribution in [2.24, 2.45) is 29.6 Å². The molecule has 2 aliphatic heterocycles. The van der Waals surface area contributed by atoms with Crippen LogP contribution in [0.25, 0.3) is 0 Å². The van der Waals surface area contributed by atoms with Gasteiger partial charge < -0.3 is 5.11 Å². The van der Waals surface area contributed by atoms with E-state index in [-0.39, 0.29) is 29.4 Å². The number of nitrogens with zero attached hydrogens (tertiary/aromatic N) is 2. The summed E-state index contributed by atoms with van der Waals surface area (Å²) >= 11 is 0. The first-order chi connectivity index (χ1) is 20.8. The summed E-state index contributed by atoms with van der Waals surface area (Å²) in [5, 5.41) is 11.0. The summed E-state index contributed by atoms with van der Waals surface area (Å²) in [6, 6.07) is 21.9. The number of anilines is 2. The van der Waals surface area contributed by atoms with E-state index in [0.29, 0.717) is 29.8 Å². The van der Waals surface area contributed by atoms with Crippen molar-refractivity contribution in [2.75, 3.05) is 9.80 Å². The van der Waals surface area contributed by atoms with E-state index in [9.17, 15) is 24.3 Å². The molecule has 0 radical (unpaired) electrons. The molecule has 3 aromatic rings. The summed E-state index contributed by atoms with van der Waals surface area (Å²) in [6.07, 6.45) is 4.37. The van der Waals surface area contributed by atoms with Gasteiger partial charge in [0.25, 0.3) is 0 Å². The fourth-order valence-electron chi connectivity index (χ4n) is 7.96. The number of hydrogen-bond acceptors (Lipinski definition) is 5. The highest BCUT2D eigenvalue weighted by atomic mass is 16.3. The number of rotatable bonds is 5. The molecule has 2 aliphatic carbocycles. The number of carbonyl (C=O) groups is 4. The Labute approximate surface area is 250 Å². The number of imide groups is 2. The highest BCUT2D eigenvalue weighted by molar-refractivity contribution is 6.24. The van der Waals surface area contributed by atoms with Crippen molar-refractivity contribution in [3.8, 4) is 5.75 Å². The number of aromatic hydroxyl groups is 1. The third-order valence-corrected chi connectivity index (χ3v) is 10.1. The zero-order chi connectivity index (χ0) is 30.0. The minimum atomic E-state index is -0.712. The molecule has 1 saturated carbocycles. The quantitative estimate of drug-likeness (QED) is 0.318. The first-order valence-electron chi connectivity index (χ1n) is 15.2. The van der Waals surface area contributed by atoms with Crippen LogP contribution in [0.4, 0.5) is 11.4 Å². The van der Waals surface area contributed by atoms with Crippen LogP contribution in [0.15, 0.2) is 84.4 Å². The van der Waals surface area contributed by atoms with Crippen molar-refractivity contribution in [1.29, 1.82) is 0 Å². The Morgan fingerprint density at radius 3 is 1.74 bits per heavy atom. The van der Waals surface area contributed by atoms with Crippen molar-refractivity contribution in [2.45, 2.75) is 45.4 Å². The van der Waals surface area contributed by atoms with E-state index in [4.69, 9.17) is 0 Å². The van der Waals surface area contributed by atoms with Crippen LogP contribution >= 0.6 is 0 Å². The normalized spacial score (nSPS) is 28.1. The van der Waals surface area contributed by atoms with Crippen molar-refractivity contribution in [3.05, 3.63) is 101 Å². The standard InChI is InChI=1S/C36H34N2O5/c1-3-20-9-13-22(14-10-20)37-33(40)26-18-17-24-27(31(26)35(37)42)19-28-32(30(24)25-7-5-6-8-29(25)39)36(43)38(34(28)41)23-15-11-21(4-2)12-16-23/h5-17,26-28,30-32,39H,3-4,18-19H2,1-2H3. The second-order valence-electron chi connectivity index (χ2n) is 12.1. The summed E-state index contributed by atoms with van der Waals surface area (Å²) in [5.41, 5.74) is 4.75. The second kappa shape index (κ2) is 10.3. The number of amides is 4. The number of carbonyl (C=O) groups excluding carboxylic acids is 4. The fourth-order valence-corrected chi connectivity index (χ4v) is 7.96. The van der Waals surface area contributed by atoms with Crippen LogP contribution in [0, 0.1) is 29.6 Å². The lowest BCUT2D eigenvalue weighted by molar-refractivity contribution is -0.126. The first-order valence-corrected chi connectivity index (χ1v) is 15.2. The highest BCUT2D eigenvalue weighted by Gasteiger charge is 2.62. The first kappa shape index (κ1) is 27.3. The van der Waals surface area contributed by atoms with Gasteiger partial charge in [-0.15, -0.1) is 0 Å². The zero-order valence-electron chi connectivity index (χ0n) is 24.3. The number of aryl methyl sites for hydroxylation is 2. The van der Waals surface area contributed by atoms with Crippen molar-refractivity contribution in [3.63, 3.8) is 0 Å². The van der Waals surface area contributed by atoms with Gasteiger partial charge in [-0.2, -0.15) is 0 Å². The number of para-hydroxylation sites is 1. The lowest BCUT2D eigenvalue weighted by Gasteiger charge is -2.44. The number of benzene rings is 3. The average Bonchev–Trinajstić information content (AvgIpc) is 3.44. The van der Waals surface area contributed by atoms with Gasteiger partial charge in [-0.3, -0.25) is 29.0 Å². The third-order valence-electron chi connectivity index (χ3n) is 10.1. The maximum atomic E-state index is 14.2. The van der Waals surface area contributed by atoms with E-state index in [1.54, 1.807) is 18.2 Å². The highest BCUT2D eigenvalue weighted by Crippen LogP contribution is 2.59. The molecule has 3 aromatic carbocycles. The van der Waals surface area contributed by atoms with Gasteiger partial charge in [0, 0.05) is 11.5 Å². The molecule has 0 aromatic heterocycles. The summed E-state index contributed by atoms with van der Waals surface area (Å²) in [7, 11) is 0. The molecule has 3 fully saturated rings. The predicted molar refractivity (Wildman–Crippen MR) is 162 cm³/mol. The molecule has 1 N–H and O–H groups in total. The maximum absolute atomic E-state index is 14.2. The predicted octanol–water partition coefficient (Wildman–Crippen LogP) is 5.56. The summed E-state index contributed by atoms with van der Waals surface area (Å²) in [4.78, 5) is 58.7. The molecule has 6 atom stereocenters. The van der Waals surface area contributed by atoms with Gasteiger partial charge >= 0.3 is 0 Å². The molecule has 0 bridgehead atoms. The molecule has 6 unspecified atom stereocenters. The van der Waals surface area contributed by atoms with E-state index in [0.717, 1.165) is 29.5 Å². The van der Waals surface area contributed by atoms with Crippen molar-refractivity contribution < 1.29 is 24.3 Å². The molecular weight excluding hydrogens is 540 g/mol. The van der Waals surface area contributed by atoms with Crippen LogP contribution < -0.4 is 9.80 Å². The van der Waals surface area contributed by atoms with Gasteiger partial charge in [0.05, 0.1) is 35.0 Å². The van der Waals surface area contributed by atoms with Gasteiger partial charge in [0.15, 0.2) is 0 Å². The Kier molecular flexibility index (Phi) is 6.56. The zero-order valence-corrected chi connectivity index (χ0v) is 24.3. The van der Waals surface area contributed by atoms with Crippen molar-refractivity contribution in [1.82, 2.24) is 0 Å². The molecule has 218 valence electrons. The van der Waals surface area contributed by atoms with Crippen LogP contribution in [-0.4, -0.2) is 28.7 Å². The molecule has 7 rings (SSSR count). The Balaban J connectivity index is 1.31. The van der Waals surface area contributed by atoms with Gasteiger partial charge in [-0.05, 0) is 73.1 Å². The lowest BCUT2D eigenvalue weighted by atomic mass is 9.57. The largest absolute Gasteiger partial charge is 0.508 e. The summed E-state index contributed by atoms with van der Waals surface area (Å²) in [6.45, 7) is 4.10. The van der Waals surface area contributed by atoms with Crippen molar-refractivity contribution >= 4 is 35.0 Å². The van der Waals surface area contributed by atoms with Gasteiger partial charge in [0.2, 0.25) is 23.6 Å². The van der Waals surface area contributed by atoms with Crippen LogP contribution in [0.2, 0.25) is 0 Å². The number of fused-ring (bicyclic) bond motifs is 4. The van der Waals surface area contributed by atoms with Crippen LogP contribution in [0.1, 0.15) is 49.3 Å². The SMILES string of the molecule is CCc1ccc(N2C(=O)C3CC=C4C(CC5C(=O)N(c6ccc(CC)cc6)C(=O)C5C4c4ccccc4O)C3C2=O)cc1. The van der Waals surface area contributed by atoms with Gasteiger partial charge in [-0.1, -0.05) is 68.0 Å². The van der Waals surface area contributed by atoms with Crippen LogP contribution in [0.5, 0.6) is 5.75 Å². The Morgan fingerprint density at radius 1 is 0.651 bits per heavy atom. The number of phenolic OH excluding ortho intramolecular Hbond substituents is 1. The topological polar surface area (TPSA) is 95.0 Å². The monoisotopic (exact) mass is 574 g/mol. The minimum absolute atomic E-state index is 0.0485. The minimum Gasteiger partial charge on any atom is -0.508 e. The molecule has 7 heteroatoms. The molecular formula is C36H34N2O5. The average molecular weight is 575 g/mol. The van der Waals surface area contributed by atoms with E-state index in [1.807, 2.05) is 67.6 Å². The van der Waals surface area contributed by atoms with Crippen LogP contribution in [-0.2, 0) is 32.0 Å². The number of hydrogen-bond donors (Lipinski definition) is 1. The van der Waals surface area contributed by atoms with Crippen LogP contribution in [0.3, 0.4) is 0 Å². The second-order valence-corrected chi connectivity index (χ2v) is 12.1. The Hall–Kier alpha value is -4.52. The molecule has 43 heavy (non-hydrogen) atoms. The fraction of sp³-hybridized carbons (Fsp3) is 0.333. The number of allylic oxidation sites excluding steroid dienone is 2. The van der Waals surface area contributed by atoms with E-state index in [2.05, 4.69) is 6.92 Å². The van der Waals surface area contributed by atoms with Gasteiger partial charge in [0.1, 0.15) is 5.75 Å². The lowest BCUT2D eigenvalue weighted by Crippen LogP contribution is -2.43. The molecule has 2 saturated heterocycles. The van der Waals surface area contributed by atoms with E-state index < -0.39 is 35.5 Å². The van der Waals surface area contributed by atoms with Gasteiger partial charge in [-0.25, -0.2) is 0 Å². The molecule has 4 amide bonds. The molecule has 4 aliphatic rings. The number of phenols is 1. The molecule has 2 heterocycles. The summed E-state index contributed by atoms with van der Waals surface area (Å²) < 4.78 is 0. The summed E-state index contributed by atoms with van der Waals surface area (Å²) in [5.74, 6) is -4.54. The Bertz CT molecular complexity index is 1670. The van der Waals surface area contributed by atoms with E-state index in [1.165, 1.54) is 9.80 Å². The van der Waals surface area contributed by atoms with E-state index >= 15 is 0 Å². The third kappa shape index (κ3) is 4.08. The smallest absolute Gasteiger partial charge is 0.238 e.